The molecule has 0 heterocycles. The summed E-state index contributed by atoms with van der Waals surface area (Å²) >= 11 is 0. The Hall–Kier alpha value is -1.37. The Bertz CT molecular complexity index is 567. The molecule has 0 amide bonds. The van der Waals surface area contributed by atoms with Gasteiger partial charge in [-0.3, -0.25) is 4.79 Å². The smallest absolute Gasteiger partial charge is 0.159 e. The van der Waals surface area contributed by atoms with Gasteiger partial charge in [-0.1, -0.05) is 57.5 Å². The Labute approximate surface area is 128 Å². The van der Waals surface area contributed by atoms with Crippen molar-refractivity contribution in [1.82, 2.24) is 0 Å². The molecule has 0 saturated heterocycles. The van der Waals surface area contributed by atoms with Crippen molar-refractivity contribution in [3.8, 4) is 0 Å². The quantitative estimate of drug-likeness (QED) is 0.642. The van der Waals surface area contributed by atoms with Gasteiger partial charge in [0.1, 0.15) is 0 Å². The van der Waals surface area contributed by atoms with Crippen LogP contribution in [-0.4, -0.2) is 5.78 Å². The second kappa shape index (κ2) is 5.12. The van der Waals surface area contributed by atoms with Gasteiger partial charge in [0.25, 0.3) is 0 Å². The predicted octanol–water partition coefficient (Wildman–Crippen LogP) is 5.27. The third-order valence-electron chi connectivity index (χ3n) is 5.84. The summed E-state index contributed by atoms with van der Waals surface area (Å²) < 4.78 is 0. The standard InChI is InChI=1S/C20H26O/c1-19(2)10-7-11-20(3)14-16(17(21)13-18(19)20)12-15-8-5-4-6-9-15/h4-6,8-9,12,18H,7,10-11,13-14H2,1-3H3/b16-12-/t18-,20+/m1/s1. The Kier molecular flexibility index (Phi) is 3.55. The fourth-order valence-corrected chi connectivity index (χ4v) is 4.71. The molecule has 0 spiro atoms. The van der Waals surface area contributed by atoms with Crippen LogP contribution in [0, 0.1) is 16.7 Å². The fourth-order valence-electron chi connectivity index (χ4n) is 4.71. The zero-order valence-electron chi connectivity index (χ0n) is 13.5. The average Bonchev–Trinajstić information content (AvgIpc) is 2.42. The first kappa shape index (κ1) is 14.6. The molecule has 0 aromatic heterocycles. The molecule has 1 nitrogen and oxygen atoms in total. The number of benzene rings is 1. The van der Waals surface area contributed by atoms with Gasteiger partial charge in [-0.15, -0.1) is 0 Å². The van der Waals surface area contributed by atoms with E-state index in [1.165, 1.54) is 19.3 Å². The molecule has 21 heavy (non-hydrogen) atoms. The van der Waals surface area contributed by atoms with Crippen molar-refractivity contribution < 1.29 is 4.79 Å². The van der Waals surface area contributed by atoms with Crippen LogP contribution < -0.4 is 0 Å². The van der Waals surface area contributed by atoms with E-state index < -0.39 is 0 Å². The summed E-state index contributed by atoms with van der Waals surface area (Å²) in [5.74, 6) is 0.912. The largest absolute Gasteiger partial charge is 0.295 e. The summed E-state index contributed by atoms with van der Waals surface area (Å²) in [6.07, 6.45) is 7.63. The maximum Gasteiger partial charge on any atom is 0.159 e. The maximum atomic E-state index is 12.6. The van der Waals surface area contributed by atoms with Gasteiger partial charge in [0, 0.05) is 6.42 Å². The lowest BCUT2D eigenvalue weighted by Crippen LogP contribution is -2.46. The summed E-state index contributed by atoms with van der Waals surface area (Å²) in [6, 6.07) is 10.3. The van der Waals surface area contributed by atoms with Crippen molar-refractivity contribution in [2.45, 2.75) is 52.9 Å². The lowest BCUT2D eigenvalue weighted by Gasteiger charge is -2.53. The van der Waals surface area contributed by atoms with Gasteiger partial charge in [-0.05, 0) is 53.2 Å². The van der Waals surface area contributed by atoms with Crippen LogP contribution in [0.4, 0.5) is 0 Å². The molecule has 112 valence electrons. The summed E-state index contributed by atoms with van der Waals surface area (Å²) in [4.78, 5) is 12.6. The molecular weight excluding hydrogens is 256 g/mol. The minimum absolute atomic E-state index is 0.302. The number of ketones is 1. The number of allylic oxidation sites excluding steroid dienone is 1. The highest BCUT2D eigenvalue weighted by Crippen LogP contribution is 2.57. The number of rotatable bonds is 1. The SMILES string of the molecule is CC1(C)CCC[C@@]2(C)C/C(=C/c3ccccc3)C(=O)C[C@H]12. The van der Waals surface area contributed by atoms with Crippen LogP contribution >= 0.6 is 0 Å². The van der Waals surface area contributed by atoms with E-state index in [0.29, 0.717) is 22.5 Å². The third kappa shape index (κ3) is 2.71. The molecule has 0 N–H and O–H groups in total. The van der Waals surface area contributed by atoms with Crippen molar-refractivity contribution >= 4 is 11.9 Å². The van der Waals surface area contributed by atoms with Gasteiger partial charge in [-0.2, -0.15) is 0 Å². The fraction of sp³-hybridized carbons (Fsp3) is 0.550. The summed E-state index contributed by atoms with van der Waals surface area (Å²) in [5, 5.41) is 0. The second-order valence-corrected chi connectivity index (χ2v) is 7.93. The van der Waals surface area contributed by atoms with Crippen LogP contribution in [0.3, 0.4) is 0 Å². The predicted molar refractivity (Wildman–Crippen MR) is 87.9 cm³/mol. The van der Waals surface area contributed by atoms with Crippen LogP contribution in [0.1, 0.15) is 58.4 Å². The monoisotopic (exact) mass is 282 g/mol. The molecule has 1 aromatic carbocycles. The normalized spacial score (nSPS) is 33.8. The number of hydrogen-bond donors (Lipinski definition) is 0. The molecule has 2 saturated carbocycles. The van der Waals surface area contributed by atoms with E-state index in [-0.39, 0.29) is 0 Å². The second-order valence-electron chi connectivity index (χ2n) is 7.93. The number of hydrogen-bond acceptors (Lipinski definition) is 1. The minimum atomic E-state index is 0.302. The van der Waals surface area contributed by atoms with Crippen LogP contribution in [-0.2, 0) is 4.79 Å². The van der Waals surface area contributed by atoms with Gasteiger partial charge >= 0.3 is 0 Å². The zero-order chi connectivity index (χ0) is 15.1. The molecule has 0 bridgehead atoms. The van der Waals surface area contributed by atoms with Gasteiger partial charge in [-0.25, -0.2) is 0 Å². The molecule has 2 aliphatic rings. The van der Waals surface area contributed by atoms with Gasteiger partial charge < -0.3 is 0 Å². The van der Waals surface area contributed by atoms with E-state index in [2.05, 4.69) is 39.0 Å². The van der Waals surface area contributed by atoms with Crippen molar-refractivity contribution in [3.63, 3.8) is 0 Å². The number of fused-ring (bicyclic) bond motifs is 1. The van der Waals surface area contributed by atoms with Crippen LogP contribution in [0.15, 0.2) is 35.9 Å². The van der Waals surface area contributed by atoms with E-state index in [9.17, 15) is 4.79 Å². The van der Waals surface area contributed by atoms with E-state index in [0.717, 1.165) is 24.0 Å². The molecule has 0 radical (unpaired) electrons. The highest BCUT2D eigenvalue weighted by molar-refractivity contribution is 6.00. The summed E-state index contributed by atoms with van der Waals surface area (Å²) in [5.41, 5.74) is 2.80. The first-order valence-corrected chi connectivity index (χ1v) is 8.20. The molecule has 3 rings (SSSR count). The zero-order valence-corrected chi connectivity index (χ0v) is 13.5. The minimum Gasteiger partial charge on any atom is -0.295 e. The summed E-state index contributed by atoms with van der Waals surface area (Å²) in [7, 11) is 0. The van der Waals surface area contributed by atoms with E-state index >= 15 is 0 Å². The van der Waals surface area contributed by atoms with Crippen LogP contribution in [0.5, 0.6) is 0 Å². The maximum absolute atomic E-state index is 12.6. The first-order chi connectivity index (χ1) is 9.91. The van der Waals surface area contributed by atoms with Crippen molar-refractivity contribution in [1.29, 1.82) is 0 Å². The van der Waals surface area contributed by atoms with E-state index in [4.69, 9.17) is 0 Å². The molecule has 1 aromatic rings. The van der Waals surface area contributed by atoms with Crippen molar-refractivity contribution in [2.75, 3.05) is 0 Å². The highest BCUT2D eigenvalue weighted by Gasteiger charge is 2.50. The molecule has 0 unspecified atom stereocenters. The Balaban J connectivity index is 1.91. The van der Waals surface area contributed by atoms with Crippen molar-refractivity contribution in [3.05, 3.63) is 41.5 Å². The number of carbonyl (C=O) groups is 1. The average molecular weight is 282 g/mol. The molecule has 0 aliphatic heterocycles. The van der Waals surface area contributed by atoms with Crippen molar-refractivity contribution in [2.24, 2.45) is 16.7 Å². The van der Waals surface area contributed by atoms with E-state index in [1.807, 2.05) is 18.2 Å². The Morgan fingerprint density at radius 3 is 2.52 bits per heavy atom. The molecular formula is C20H26O. The number of carbonyl (C=O) groups excluding carboxylic acids is 1. The lowest BCUT2D eigenvalue weighted by molar-refractivity contribution is -0.125. The molecule has 2 atom stereocenters. The van der Waals surface area contributed by atoms with Crippen LogP contribution in [0.25, 0.3) is 6.08 Å². The van der Waals surface area contributed by atoms with Crippen LogP contribution in [0.2, 0.25) is 0 Å². The molecule has 2 fully saturated rings. The lowest BCUT2D eigenvalue weighted by atomic mass is 9.51. The topological polar surface area (TPSA) is 17.1 Å². The van der Waals surface area contributed by atoms with Gasteiger partial charge in [0.2, 0.25) is 0 Å². The van der Waals surface area contributed by atoms with Gasteiger partial charge in [0.05, 0.1) is 0 Å². The van der Waals surface area contributed by atoms with E-state index in [1.54, 1.807) is 0 Å². The molecule has 2 aliphatic carbocycles. The first-order valence-electron chi connectivity index (χ1n) is 8.20. The van der Waals surface area contributed by atoms with Gasteiger partial charge in [0.15, 0.2) is 5.78 Å². The number of Topliss-reactive ketones (excluding diaryl/α,β-unsaturated/α-hetero) is 1. The summed E-state index contributed by atoms with van der Waals surface area (Å²) in [6.45, 7) is 7.12. The Morgan fingerprint density at radius 2 is 1.81 bits per heavy atom. The Morgan fingerprint density at radius 1 is 1.10 bits per heavy atom. The molecule has 1 heteroatoms. The highest BCUT2D eigenvalue weighted by atomic mass is 16.1. The third-order valence-corrected chi connectivity index (χ3v) is 5.84.